The fourth-order valence-corrected chi connectivity index (χ4v) is 0.666. The smallest absolute Gasteiger partial charge is 0.0270 e. The van der Waals surface area contributed by atoms with E-state index in [1.165, 1.54) is 5.56 Å². The summed E-state index contributed by atoms with van der Waals surface area (Å²) in [6.07, 6.45) is 6.45. The van der Waals surface area contributed by atoms with E-state index in [9.17, 15) is 0 Å². The molecule has 0 saturated carbocycles. The number of aromatic nitrogens is 1. The fourth-order valence-electron chi connectivity index (χ4n) is 0.666. The summed E-state index contributed by atoms with van der Waals surface area (Å²) in [5, 5.41) is 0. The quantitative estimate of drug-likeness (QED) is 0.579. The maximum atomic E-state index is 3.89. The van der Waals surface area contributed by atoms with E-state index in [1.54, 1.807) is 12.4 Å². The van der Waals surface area contributed by atoms with Gasteiger partial charge in [-0.15, -0.1) is 0 Å². The SMILES string of the molecule is [CH2]C[CH]c1ccncc1. The normalized spacial score (nSPS) is 9.44. The zero-order chi connectivity index (χ0) is 6.53. The summed E-state index contributed by atoms with van der Waals surface area (Å²) < 4.78 is 0. The van der Waals surface area contributed by atoms with Gasteiger partial charge < -0.3 is 0 Å². The van der Waals surface area contributed by atoms with Crippen LogP contribution in [0.2, 0.25) is 0 Å². The van der Waals surface area contributed by atoms with Crippen LogP contribution < -0.4 is 0 Å². The highest BCUT2D eigenvalue weighted by molar-refractivity contribution is 5.18. The van der Waals surface area contributed by atoms with Gasteiger partial charge in [0.25, 0.3) is 0 Å². The summed E-state index contributed by atoms with van der Waals surface area (Å²) in [4.78, 5) is 3.89. The molecule has 1 nitrogen and oxygen atoms in total. The van der Waals surface area contributed by atoms with E-state index in [0.29, 0.717) is 0 Å². The average Bonchev–Trinajstić information content (AvgIpc) is 1.91. The van der Waals surface area contributed by atoms with Crippen molar-refractivity contribution in [2.45, 2.75) is 6.42 Å². The molecule has 0 fully saturated rings. The number of rotatable bonds is 2. The second-order valence-corrected chi connectivity index (χ2v) is 1.77. The van der Waals surface area contributed by atoms with Crippen molar-refractivity contribution in [3.05, 3.63) is 43.4 Å². The molecule has 0 aliphatic rings. The molecule has 1 aromatic heterocycles. The molecule has 1 aromatic rings. The van der Waals surface area contributed by atoms with Crippen molar-refractivity contribution >= 4 is 0 Å². The molecule has 9 heavy (non-hydrogen) atoms. The van der Waals surface area contributed by atoms with Crippen molar-refractivity contribution in [3.8, 4) is 0 Å². The van der Waals surface area contributed by atoms with Gasteiger partial charge in [-0.3, -0.25) is 4.98 Å². The van der Waals surface area contributed by atoms with Gasteiger partial charge >= 0.3 is 0 Å². The van der Waals surface area contributed by atoms with E-state index in [-0.39, 0.29) is 0 Å². The van der Waals surface area contributed by atoms with Gasteiger partial charge in [0.1, 0.15) is 0 Å². The van der Waals surface area contributed by atoms with E-state index >= 15 is 0 Å². The van der Waals surface area contributed by atoms with Crippen molar-refractivity contribution in [1.29, 1.82) is 0 Å². The van der Waals surface area contributed by atoms with Gasteiger partial charge in [0.2, 0.25) is 0 Å². The van der Waals surface area contributed by atoms with Crippen LogP contribution in [0.3, 0.4) is 0 Å². The Labute approximate surface area is 55.7 Å². The Hall–Kier alpha value is -0.850. The first kappa shape index (κ1) is 6.27. The maximum Gasteiger partial charge on any atom is 0.0270 e. The Kier molecular flexibility index (Phi) is 2.25. The first-order chi connectivity index (χ1) is 4.43. The third-order valence-corrected chi connectivity index (χ3v) is 1.09. The van der Waals surface area contributed by atoms with Gasteiger partial charge in [0, 0.05) is 12.4 Å². The van der Waals surface area contributed by atoms with Gasteiger partial charge in [-0.1, -0.05) is 6.92 Å². The second-order valence-electron chi connectivity index (χ2n) is 1.77. The lowest BCUT2D eigenvalue weighted by atomic mass is 10.2. The summed E-state index contributed by atoms with van der Waals surface area (Å²) in [5.41, 5.74) is 1.19. The number of hydrogen-bond donors (Lipinski definition) is 0. The Morgan fingerprint density at radius 1 is 1.44 bits per heavy atom. The molecule has 0 N–H and O–H groups in total. The Morgan fingerprint density at radius 3 is 2.67 bits per heavy atom. The Balaban J connectivity index is 2.61. The lowest BCUT2D eigenvalue weighted by Crippen LogP contribution is -1.78. The molecule has 0 saturated heterocycles. The van der Waals surface area contributed by atoms with E-state index in [0.717, 1.165) is 6.42 Å². The predicted octanol–water partition coefficient (Wildman–Crippen LogP) is 1.86. The molecule has 0 aliphatic carbocycles. The molecule has 0 atom stereocenters. The summed E-state index contributed by atoms with van der Waals surface area (Å²) in [7, 11) is 0. The zero-order valence-corrected chi connectivity index (χ0v) is 5.25. The maximum absolute atomic E-state index is 3.89. The molecule has 0 amide bonds. The minimum atomic E-state index is 0.837. The topological polar surface area (TPSA) is 12.9 Å². The van der Waals surface area contributed by atoms with E-state index in [4.69, 9.17) is 0 Å². The molecule has 0 unspecified atom stereocenters. The molecule has 1 heteroatoms. The largest absolute Gasteiger partial charge is 0.265 e. The summed E-state index contributed by atoms with van der Waals surface area (Å²) in [6.45, 7) is 3.70. The van der Waals surface area contributed by atoms with E-state index < -0.39 is 0 Å². The molecule has 0 aliphatic heterocycles. The molecule has 1 rings (SSSR count). The molecular formula is C8H9N. The highest BCUT2D eigenvalue weighted by atomic mass is 14.6. The number of hydrogen-bond acceptors (Lipinski definition) is 1. The van der Waals surface area contributed by atoms with E-state index in [1.807, 2.05) is 12.1 Å². The summed E-state index contributed by atoms with van der Waals surface area (Å²) in [5.74, 6) is 0. The Morgan fingerprint density at radius 2 is 2.11 bits per heavy atom. The predicted molar refractivity (Wildman–Crippen MR) is 37.6 cm³/mol. The van der Waals surface area contributed by atoms with Crippen LogP contribution in [-0.4, -0.2) is 4.98 Å². The van der Waals surface area contributed by atoms with Crippen molar-refractivity contribution in [1.82, 2.24) is 4.98 Å². The molecular weight excluding hydrogens is 110 g/mol. The van der Waals surface area contributed by atoms with Crippen LogP contribution in [0, 0.1) is 13.3 Å². The van der Waals surface area contributed by atoms with Crippen LogP contribution in [-0.2, 0) is 0 Å². The highest BCUT2D eigenvalue weighted by Crippen LogP contribution is 2.01. The van der Waals surface area contributed by atoms with Gasteiger partial charge in [-0.05, 0) is 30.5 Å². The van der Waals surface area contributed by atoms with Gasteiger partial charge in [-0.2, -0.15) is 0 Å². The Bertz CT molecular complexity index is 157. The molecule has 46 valence electrons. The van der Waals surface area contributed by atoms with Crippen molar-refractivity contribution < 1.29 is 0 Å². The van der Waals surface area contributed by atoms with Crippen molar-refractivity contribution in [3.63, 3.8) is 0 Å². The van der Waals surface area contributed by atoms with Gasteiger partial charge in [-0.25, -0.2) is 0 Å². The third kappa shape index (κ3) is 1.84. The molecule has 2 radical (unpaired) electrons. The van der Waals surface area contributed by atoms with Crippen LogP contribution in [0.25, 0.3) is 0 Å². The van der Waals surface area contributed by atoms with Gasteiger partial charge in [0.15, 0.2) is 0 Å². The van der Waals surface area contributed by atoms with Crippen LogP contribution in [0.1, 0.15) is 12.0 Å². The zero-order valence-electron chi connectivity index (χ0n) is 5.25. The van der Waals surface area contributed by atoms with Gasteiger partial charge in [0.05, 0.1) is 0 Å². The average molecular weight is 119 g/mol. The third-order valence-electron chi connectivity index (χ3n) is 1.09. The van der Waals surface area contributed by atoms with E-state index in [2.05, 4.69) is 18.3 Å². The standard InChI is InChI=1S/C8H9N/c1-2-3-8-4-6-9-7-5-8/h3-7H,1-2H2. The van der Waals surface area contributed by atoms with Crippen LogP contribution in [0.4, 0.5) is 0 Å². The lowest BCUT2D eigenvalue weighted by molar-refractivity contribution is 1.21. The molecule has 1 heterocycles. The minimum Gasteiger partial charge on any atom is -0.265 e. The van der Waals surface area contributed by atoms with Crippen molar-refractivity contribution in [2.24, 2.45) is 0 Å². The molecule has 0 spiro atoms. The molecule has 0 aromatic carbocycles. The van der Waals surface area contributed by atoms with Crippen molar-refractivity contribution in [2.75, 3.05) is 0 Å². The minimum absolute atomic E-state index is 0.837. The highest BCUT2D eigenvalue weighted by Gasteiger charge is 1.85. The fraction of sp³-hybridized carbons (Fsp3) is 0.125. The second kappa shape index (κ2) is 3.23. The first-order valence-corrected chi connectivity index (χ1v) is 2.96. The summed E-state index contributed by atoms with van der Waals surface area (Å²) in [6, 6.07) is 3.93. The molecule has 0 bridgehead atoms. The number of nitrogens with zero attached hydrogens (tertiary/aromatic N) is 1. The van der Waals surface area contributed by atoms with Crippen LogP contribution in [0.15, 0.2) is 24.5 Å². The number of pyridine rings is 1. The summed E-state index contributed by atoms with van der Waals surface area (Å²) >= 11 is 0. The first-order valence-electron chi connectivity index (χ1n) is 2.96. The monoisotopic (exact) mass is 119 g/mol. The lowest BCUT2D eigenvalue weighted by Gasteiger charge is -1.92. The van der Waals surface area contributed by atoms with Crippen LogP contribution >= 0.6 is 0 Å². The van der Waals surface area contributed by atoms with Crippen LogP contribution in [0.5, 0.6) is 0 Å².